The molecule has 21 heavy (non-hydrogen) atoms. The lowest BCUT2D eigenvalue weighted by Crippen LogP contribution is -2.01. The Morgan fingerprint density at radius 1 is 1.10 bits per heavy atom. The minimum Gasteiger partial charge on any atom is -0.325 e. The Balaban J connectivity index is 2.38. The van der Waals surface area contributed by atoms with Gasteiger partial charge in [0.1, 0.15) is 11.6 Å². The van der Waals surface area contributed by atoms with Crippen LogP contribution in [0.2, 0.25) is 5.02 Å². The predicted molar refractivity (Wildman–Crippen MR) is 80.0 cm³/mol. The predicted octanol–water partition coefficient (Wildman–Crippen LogP) is 4.29. The average Bonchev–Trinajstić information content (AvgIpc) is 2.45. The summed E-state index contributed by atoms with van der Waals surface area (Å²) in [7, 11) is 0. The highest BCUT2D eigenvalue weighted by atomic mass is 35.5. The molecule has 0 saturated heterocycles. The van der Waals surface area contributed by atoms with Gasteiger partial charge in [-0.05, 0) is 23.8 Å². The van der Waals surface area contributed by atoms with Crippen molar-refractivity contribution in [1.29, 1.82) is 0 Å². The summed E-state index contributed by atoms with van der Waals surface area (Å²) in [5.41, 5.74) is 7.33. The molecular formula is C16H11ClF2N2. The minimum absolute atomic E-state index is 0.259. The molecule has 3 rings (SSSR count). The van der Waals surface area contributed by atoms with Crippen LogP contribution in [0.3, 0.4) is 0 Å². The second kappa shape index (κ2) is 5.39. The number of rotatable bonds is 2. The quantitative estimate of drug-likeness (QED) is 0.767. The van der Waals surface area contributed by atoms with E-state index in [0.29, 0.717) is 27.2 Å². The molecule has 3 aromatic rings. The van der Waals surface area contributed by atoms with Crippen LogP contribution in [-0.2, 0) is 6.54 Å². The van der Waals surface area contributed by atoms with Gasteiger partial charge in [-0.1, -0.05) is 23.7 Å². The summed E-state index contributed by atoms with van der Waals surface area (Å²) in [5.74, 6) is -1.29. The maximum atomic E-state index is 13.4. The van der Waals surface area contributed by atoms with Gasteiger partial charge >= 0.3 is 0 Å². The van der Waals surface area contributed by atoms with Gasteiger partial charge in [0.2, 0.25) is 0 Å². The third-order valence-corrected chi connectivity index (χ3v) is 3.63. The highest BCUT2D eigenvalue weighted by Gasteiger charge is 2.13. The number of pyridine rings is 1. The van der Waals surface area contributed by atoms with Crippen molar-refractivity contribution in [2.45, 2.75) is 6.54 Å². The zero-order chi connectivity index (χ0) is 15.0. The maximum absolute atomic E-state index is 13.4. The van der Waals surface area contributed by atoms with E-state index in [0.717, 1.165) is 11.5 Å². The summed E-state index contributed by atoms with van der Waals surface area (Å²) in [6.45, 7) is 0.259. The summed E-state index contributed by atoms with van der Waals surface area (Å²) in [6, 6.07) is 8.70. The van der Waals surface area contributed by atoms with Crippen LogP contribution in [0.1, 0.15) is 5.69 Å². The number of benzene rings is 2. The molecule has 0 aliphatic heterocycles. The van der Waals surface area contributed by atoms with Crippen molar-refractivity contribution in [2.24, 2.45) is 5.73 Å². The Labute approximate surface area is 125 Å². The van der Waals surface area contributed by atoms with Gasteiger partial charge in [0, 0.05) is 40.2 Å². The Kier molecular flexibility index (Phi) is 3.57. The molecule has 0 aliphatic carbocycles. The van der Waals surface area contributed by atoms with Gasteiger partial charge < -0.3 is 5.73 Å². The van der Waals surface area contributed by atoms with Gasteiger partial charge in [0.15, 0.2) is 0 Å². The standard InChI is InChI=1S/C16H11ClF2N2/c17-14-3-1-2-12-15(7-20)21-8-13(16(12)14)9-4-10(18)6-11(19)5-9/h1-6,8H,7,20H2. The summed E-state index contributed by atoms with van der Waals surface area (Å²) >= 11 is 6.26. The third kappa shape index (κ3) is 2.48. The lowest BCUT2D eigenvalue weighted by Gasteiger charge is -2.11. The van der Waals surface area contributed by atoms with E-state index in [2.05, 4.69) is 4.98 Å². The van der Waals surface area contributed by atoms with Gasteiger partial charge in [0.05, 0.1) is 5.69 Å². The molecule has 0 bridgehead atoms. The minimum atomic E-state index is -0.645. The van der Waals surface area contributed by atoms with Crippen LogP contribution in [0.15, 0.2) is 42.6 Å². The zero-order valence-corrected chi connectivity index (χ0v) is 11.7. The fourth-order valence-electron chi connectivity index (χ4n) is 2.41. The fourth-order valence-corrected chi connectivity index (χ4v) is 2.68. The topological polar surface area (TPSA) is 38.9 Å². The molecule has 0 amide bonds. The summed E-state index contributed by atoms with van der Waals surface area (Å²) in [5, 5.41) is 1.97. The van der Waals surface area contributed by atoms with E-state index in [1.54, 1.807) is 18.3 Å². The molecule has 2 aromatic carbocycles. The average molecular weight is 305 g/mol. The van der Waals surface area contributed by atoms with E-state index in [1.165, 1.54) is 12.1 Å². The fraction of sp³-hybridized carbons (Fsp3) is 0.0625. The molecule has 0 aliphatic rings. The molecule has 2 N–H and O–H groups in total. The monoisotopic (exact) mass is 304 g/mol. The number of halogens is 3. The van der Waals surface area contributed by atoms with Crippen LogP contribution in [0.5, 0.6) is 0 Å². The summed E-state index contributed by atoms with van der Waals surface area (Å²) in [6.07, 6.45) is 1.55. The Bertz CT molecular complexity index is 814. The smallest absolute Gasteiger partial charge is 0.126 e. The molecule has 2 nitrogen and oxygen atoms in total. The first-order valence-corrected chi connectivity index (χ1v) is 6.70. The Morgan fingerprint density at radius 3 is 2.48 bits per heavy atom. The molecule has 0 radical (unpaired) electrons. The molecule has 106 valence electrons. The van der Waals surface area contributed by atoms with E-state index in [1.807, 2.05) is 6.07 Å². The van der Waals surface area contributed by atoms with E-state index >= 15 is 0 Å². The lowest BCUT2D eigenvalue weighted by molar-refractivity contribution is 0.584. The van der Waals surface area contributed by atoms with Crippen LogP contribution >= 0.6 is 11.6 Å². The third-order valence-electron chi connectivity index (χ3n) is 3.31. The largest absolute Gasteiger partial charge is 0.325 e. The molecule has 0 fully saturated rings. The first-order valence-electron chi connectivity index (χ1n) is 6.33. The van der Waals surface area contributed by atoms with Crippen molar-refractivity contribution >= 4 is 22.4 Å². The molecular weight excluding hydrogens is 294 g/mol. The van der Waals surface area contributed by atoms with Gasteiger partial charge in [-0.3, -0.25) is 4.98 Å². The van der Waals surface area contributed by atoms with Gasteiger partial charge in [-0.2, -0.15) is 0 Å². The van der Waals surface area contributed by atoms with Crippen LogP contribution in [0, 0.1) is 11.6 Å². The molecule has 0 saturated carbocycles. The molecule has 5 heteroatoms. The molecule has 1 heterocycles. The van der Waals surface area contributed by atoms with Gasteiger partial charge in [-0.25, -0.2) is 8.78 Å². The van der Waals surface area contributed by atoms with Crippen molar-refractivity contribution in [3.8, 4) is 11.1 Å². The number of fused-ring (bicyclic) bond motifs is 1. The number of aromatic nitrogens is 1. The second-order valence-corrected chi connectivity index (χ2v) is 5.05. The number of hydrogen-bond acceptors (Lipinski definition) is 2. The van der Waals surface area contributed by atoms with Crippen molar-refractivity contribution in [1.82, 2.24) is 4.98 Å². The van der Waals surface area contributed by atoms with E-state index in [4.69, 9.17) is 17.3 Å². The lowest BCUT2D eigenvalue weighted by atomic mass is 9.99. The summed E-state index contributed by atoms with van der Waals surface area (Å²) in [4.78, 5) is 4.27. The van der Waals surface area contributed by atoms with E-state index in [9.17, 15) is 8.78 Å². The Morgan fingerprint density at radius 2 is 1.81 bits per heavy atom. The Hall–Kier alpha value is -2.04. The zero-order valence-electron chi connectivity index (χ0n) is 10.9. The van der Waals surface area contributed by atoms with E-state index in [-0.39, 0.29) is 6.54 Å². The highest BCUT2D eigenvalue weighted by Crippen LogP contribution is 2.35. The molecule has 1 aromatic heterocycles. The van der Waals surface area contributed by atoms with Gasteiger partial charge in [0.25, 0.3) is 0 Å². The normalized spacial score (nSPS) is 11.0. The first kappa shape index (κ1) is 13.9. The number of nitrogens with zero attached hydrogens (tertiary/aromatic N) is 1. The number of nitrogens with two attached hydrogens (primary N) is 1. The van der Waals surface area contributed by atoms with E-state index < -0.39 is 11.6 Å². The van der Waals surface area contributed by atoms with Crippen molar-refractivity contribution in [3.05, 3.63) is 64.9 Å². The van der Waals surface area contributed by atoms with Crippen molar-refractivity contribution in [3.63, 3.8) is 0 Å². The maximum Gasteiger partial charge on any atom is 0.126 e. The molecule has 0 atom stereocenters. The van der Waals surface area contributed by atoms with Crippen molar-refractivity contribution < 1.29 is 8.78 Å². The summed E-state index contributed by atoms with van der Waals surface area (Å²) < 4.78 is 26.9. The number of hydrogen-bond donors (Lipinski definition) is 1. The van der Waals surface area contributed by atoms with Crippen molar-refractivity contribution in [2.75, 3.05) is 0 Å². The van der Waals surface area contributed by atoms with Crippen LogP contribution in [0.4, 0.5) is 8.78 Å². The first-order chi connectivity index (χ1) is 10.1. The van der Waals surface area contributed by atoms with Crippen LogP contribution in [-0.4, -0.2) is 4.98 Å². The molecule has 0 spiro atoms. The van der Waals surface area contributed by atoms with Gasteiger partial charge in [-0.15, -0.1) is 0 Å². The SMILES string of the molecule is NCc1ncc(-c2cc(F)cc(F)c2)c2c(Cl)cccc12. The van der Waals surface area contributed by atoms with Crippen LogP contribution < -0.4 is 5.73 Å². The second-order valence-electron chi connectivity index (χ2n) is 4.64. The van der Waals surface area contributed by atoms with Crippen LogP contribution in [0.25, 0.3) is 21.9 Å². The highest BCUT2D eigenvalue weighted by molar-refractivity contribution is 6.36. The molecule has 0 unspecified atom stereocenters.